The van der Waals surface area contributed by atoms with Gasteiger partial charge >= 0.3 is 0 Å². The van der Waals surface area contributed by atoms with Crippen LogP contribution in [0.2, 0.25) is 0 Å². The second-order valence-electron chi connectivity index (χ2n) is 4.49. The number of aromatic nitrogens is 2. The molecule has 5 heteroatoms. The molecule has 0 aliphatic carbocycles. The van der Waals surface area contributed by atoms with Gasteiger partial charge in [0.05, 0.1) is 12.9 Å². The Morgan fingerprint density at radius 1 is 1.25 bits per heavy atom. The zero-order valence-electron chi connectivity index (χ0n) is 10.8. The van der Waals surface area contributed by atoms with E-state index >= 15 is 0 Å². The van der Waals surface area contributed by atoms with Gasteiger partial charge in [-0.2, -0.15) is 0 Å². The van der Waals surface area contributed by atoms with E-state index in [-0.39, 0.29) is 0 Å². The lowest BCUT2D eigenvalue weighted by Gasteiger charge is -2.08. The molecule has 2 aromatic heterocycles. The summed E-state index contributed by atoms with van der Waals surface area (Å²) in [6.07, 6.45) is 5.57. The SMILES string of the molecule is Brc1ccc(CNc2cccc(Cn3ccnc3)c2)o1. The molecule has 2 heterocycles. The van der Waals surface area contributed by atoms with Crippen LogP contribution < -0.4 is 5.32 Å². The van der Waals surface area contributed by atoms with Crippen molar-refractivity contribution in [2.45, 2.75) is 13.1 Å². The summed E-state index contributed by atoms with van der Waals surface area (Å²) in [5.74, 6) is 0.900. The topological polar surface area (TPSA) is 43.0 Å². The molecule has 4 nitrogen and oxygen atoms in total. The molecule has 0 atom stereocenters. The molecule has 0 fully saturated rings. The maximum Gasteiger partial charge on any atom is 0.169 e. The zero-order chi connectivity index (χ0) is 13.8. The van der Waals surface area contributed by atoms with Crippen molar-refractivity contribution in [1.29, 1.82) is 0 Å². The number of furan rings is 1. The van der Waals surface area contributed by atoms with Gasteiger partial charge in [-0.15, -0.1) is 0 Å². The highest BCUT2D eigenvalue weighted by molar-refractivity contribution is 9.10. The van der Waals surface area contributed by atoms with Gasteiger partial charge in [-0.1, -0.05) is 12.1 Å². The van der Waals surface area contributed by atoms with Crippen LogP contribution in [0.4, 0.5) is 5.69 Å². The standard InChI is InChI=1S/C15H14BrN3O/c16-15-5-4-14(20-15)9-18-13-3-1-2-12(8-13)10-19-7-6-17-11-19/h1-8,11,18H,9-10H2. The van der Waals surface area contributed by atoms with Crippen molar-refractivity contribution in [3.63, 3.8) is 0 Å². The minimum atomic E-state index is 0.667. The summed E-state index contributed by atoms with van der Waals surface area (Å²) in [5.41, 5.74) is 2.31. The molecule has 0 radical (unpaired) electrons. The van der Waals surface area contributed by atoms with Crippen LogP contribution in [0.3, 0.4) is 0 Å². The van der Waals surface area contributed by atoms with E-state index in [2.05, 4.69) is 44.4 Å². The minimum absolute atomic E-state index is 0.667. The van der Waals surface area contributed by atoms with E-state index in [9.17, 15) is 0 Å². The number of hydrogen-bond donors (Lipinski definition) is 1. The molecule has 102 valence electrons. The Kier molecular flexibility index (Phi) is 3.87. The van der Waals surface area contributed by atoms with E-state index in [0.29, 0.717) is 6.54 Å². The Balaban J connectivity index is 1.65. The summed E-state index contributed by atoms with van der Waals surface area (Å²) in [5, 5.41) is 3.35. The Bertz CT molecular complexity index is 676. The van der Waals surface area contributed by atoms with Gasteiger partial charge in [-0.25, -0.2) is 4.98 Å². The fraction of sp³-hybridized carbons (Fsp3) is 0.133. The van der Waals surface area contributed by atoms with Crippen molar-refractivity contribution in [1.82, 2.24) is 9.55 Å². The molecule has 3 rings (SSSR count). The number of nitrogens with zero attached hydrogens (tertiary/aromatic N) is 2. The van der Waals surface area contributed by atoms with Gasteiger partial charge < -0.3 is 14.3 Å². The number of benzene rings is 1. The quantitative estimate of drug-likeness (QED) is 0.771. The average molecular weight is 332 g/mol. The second kappa shape index (κ2) is 5.96. The Morgan fingerprint density at radius 2 is 2.20 bits per heavy atom. The van der Waals surface area contributed by atoms with Crippen LogP contribution in [-0.4, -0.2) is 9.55 Å². The summed E-state index contributed by atoms with van der Waals surface area (Å²) < 4.78 is 8.26. The summed E-state index contributed by atoms with van der Waals surface area (Å²) in [7, 11) is 0. The molecule has 20 heavy (non-hydrogen) atoms. The normalized spacial score (nSPS) is 10.7. The van der Waals surface area contributed by atoms with Crippen LogP contribution >= 0.6 is 15.9 Å². The summed E-state index contributed by atoms with van der Waals surface area (Å²) in [6.45, 7) is 1.49. The van der Waals surface area contributed by atoms with Gasteiger partial charge in [-0.3, -0.25) is 0 Å². The third-order valence-electron chi connectivity index (χ3n) is 2.95. The summed E-state index contributed by atoms with van der Waals surface area (Å²) in [6, 6.07) is 12.2. The minimum Gasteiger partial charge on any atom is -0.452 e. The Labute approximate surface area is 125 Å². The van der Waals surface area contributed by atoms with Crippen LogP contribution in [0.1, 0.15) is 11.3 Å². The van der Waals surface area contributed by atoms with E-state index in [1.54, 1.807) is 6.20 Å². The number of hydrogen-bond acceptors (Lipinski definition) is 3. The van der Waals surface area contributed by atoms with Gasteiger partial charge in [0.25, 0.3) is 0 Å². The van der Waals surface area contributed by atoms with Crippen LogP contribution in [0, 0.1) is 0 Å². The fourth-order valence-electron chi connectivity index (χ4n) is 2.01. The predicted molar refractivity (Wildman–Crippen MR) is 81.5 cm³/mol. The highest BCUT2D eigenvalue weighted by atomic mass is 79.9. The maximum absolute atomic E-state index is 5.46. The molecular formula is C15H14BrN3O. The van der Waals surface area contributed by atoms with Gasteiger partial charge in [0.2, 0.25) is 0 Å². The lowest BCUT2D eigenvalue weighted by molar-refractivity contribution is 0.495. The lowest BCUT2D eigenvalue weighted by atomic mass is 10.2. The molecule has 0 aliphatic rings. The maximum atomic E-state index is 5.46. The summed E-state index contributed by atoms with van der Waals surface area (Å²) >= 11 is 3.30. The van der Waals surface area contributed by atoms with Gasteiger partial charge in [0.1, 0.15) is 5.76 Å². The fourth-order valence-corrected chi connectivity index (χ4v) is 2.35. The van der Waals surface area contributed by atoms with Gasteiger partial charge in [0, 0.05) is 24.6 Å². The van der Waals surface area contributed by atoms with Crippen molar-refractivity contribution < 1.29 is 4.42 Å². The number of nitrogens with one attached hydrogen (secondary N) is 1. The predicted octanol–water partition coefficient (Wildman–Crippen LogP) is 3.90. The van der Waals surface area contributed by atoms with Gasteiger partial charge in [0.15, 0.2) is 4.67 Å². The number of anilines is 1. The molecule has 0 saturated carbocycles. The van der Waals surface area contributed by atoms with Crippen molar-refractivity contribution in [3.05, 3.63) is 71.1 Å². The van der Waals surface area contributed by atoms with E-state index < -0.39 is 0 Å². The van der Waals surface area contributed by atoms with Crippen LogP contribution in [0.15, 0.2) is 64.2 Å². The monoisotopic (exact) mass is 331 g/mol. The molecule has 1 aromatic carbocycles. The van der Waals surface area contributed by atoms with E-state index in [0.717, 1.165) is 22.7 Å². The first kappa shape index (κ1) is 13.0. The first-order valence-corrected chi connectivity index (χ1v) is 7.12. The van der Waals surface area contributed by atoms with E-state index in [1.165, 1.54) is 5.56 Å². The van der Waals surface area contributed by atoms with Gasteiger partial charge in [-0.05, 0) is 45.8 Å². The van der Waals surface area contributed by atoms with Crippen molar-refractivity contribution >= 4 is 21.6 Å². The number of imidazole rings is 1. The summed E-state index contributed by atoms with van der Waals surface area (Å²) in [4.78, 5) is 4.05. The van der Waals surface area contributed by atoms with Crippen molar-refractivity contribution in [3.8, 4) is 0 Å². The lowest BCUT2D eigenvalue weighted by Crippen LogP contribution is -2.00. The first-order valence-electron chi connectivity index (χ1n) is 6.32. The number of rotatable bonds is 5. The highest BCUT2D eigenvalue weighted by Crippen LogP contribution is 2.17. The van der Waals surface area contributed by atoms with E-state index in [1.807, 2.05) is 35.3 Å². The van der Waals surface area contributed by atoms with Crippen LogP contribution in [0.5, 0.6) is 0 Å². The first-order chi connectivity index (χ1) is 9.79. The molecule has 0 amide bonds. The molecule has 0 bridgehead atoms. The highest BCUT2D eigenvalue weighted by Gasteiger charge is 2.01. The van der Waals surface area contributed by atoms with Crippen LogP contribution in [0.25, 0.3) is 0 Å². The zero-order valence-corrected chi connectivity index (χ0v) is 12.4. The average Bonchev–Trinajstić information content (AvgIpc) is 3.09. The van der Waals surface area contributed by atoms with Crippen molar-refractivity contribution in [2.75, 3.05) is 5.32 Å². The molecule has 0 unspecified atom stereocenters. The molecule has 0 saturated heterocycles. The van der Waals surface area contributed by atoms with Crippen molar-refractivity contribution in [2.24, 2.45) is 0 Å². The Hall–Kier alpha value is -2.01. The third kappa shape index (κ3) is 3.30. The number of halogens is 1. The smallest absolute Gasteiger partial charge is 0.169 e. The third-order valence-corrected chi connectivity index (χ3v) is 3.37. The Morgan fingerprint density at radius 3 is 2.95 bits per heavy atom. The molecule has 1 N–H and O–H groups in total. The molecule has 0 aliphatic heterocycles. The molecular weight excluding hydrogens is 318 g/mol. The molecule has 3 aromatic rings. The largest absolute Gasteiger partial charge is 0.452 e. The van der Waals surface area contributed by atoms with E-state index in [4.69, 9.17) is 4.42 Å². The van der Waals surface area contributed by atoms with Crippen LogP contribution in [-0.2, 0) is 13.1 Å². The second-order valence-corrected chi connectivity index (χ2v) is 5.28. The molecule has 0 spiro atoms.